The first kappa shape index (κ1) is 31.7. The summed E-state index contributed by atoms with van der Waals surface area (Å²) < 4.78 is 0. The van der Waals surface area contributed by atoms with Crippen LogP contribution in [0.15, 0.2) is 133 Å². The molecular formula is C49H38N2O2. The number of fused-ring (bicyclic) bond motifs is 10. The fourth-order valence-corrected chi connectivity index (χ4v) is 9.72. The number of carbonyl (C=O) groups excluding carboxylic acids is 2. The molecule has 0 aliphatic heterocycles. The highest BCUT2D eigenvalue weighted by atomic mass is 16.1. The highest BCUT2D eigenvalue weighted by Gasteiger charge is 2.54. The Morgan fingerprint density at radius 3 is 1.19 bits per heavy atom. The van der Waals surface area contributed by atoms with Gasteiger partial charge in [-0.25, -0.2) is 9.97 Å². The lowest BCUT2D eigenvalue weighted by molar-refractivity contribution is -0.118. The third kappa shape index (κ3) is 4.81. The minimum atomic E-state index is -0.593. The molecule has 4 heteroatoms. The lowest BCUT2D eigenvalue weighted by atomic mass is 9.59. The van der Waals surface area contributed by atoms with Crippen LogP contribution in [0.1, 0.15) is 68.2 Å². The lowest BCUT2D eigenvalue weighted by Crippen LogP contribution is -2.38. The highest BCUT2D eigenvalue weighted by Crippen LogP contribution is 2.63. The quantitative estimate of drug-likeness (QED) is 0.160. The number of para-hydroxylation sites is 2. The molecule has 4 nitrogen and oxygen atoms in total. The van der Waals surface area contributed by atoms with Crippen LogP contribution in [0.3, 0.4) is 0 Å². The number of benzene rings is 6. The van der Waals surface area contributed by atoms with Gasteiger partial charge in [0.15, 0.2) is 0 Å². The average molecular weight is 687 g/mol. The van der Waals surface area contributed by atoms with E-state index in [0.717, 1.165) is 55.4 Å². The Morgan fingerprint density at radius 1 is 0.453 bits per heavy atom. The van der Waals surface area contributed by atoms with Gasteiger partial charge in [-0.2, -0.15) is 0 Å². The summed E-state index contributed by atoms with van der Waals surface area (Å²) in [5, 5.41) is 6.83. The SMILES string of the molecule is CC(=O)CCC1(CC2(CCC(C)=O)c3cc4ccccc4cc3-c3nc4ccccc4cc32)c2cc3ccccc3cc2-c2nc3ccccc3cc21. The molecule has 2 atom stereocenters. The normalized spacial score (nSPS) is 18.3. The van der Waals surface area contributed by atoms with E-state index >= 15 is 0 Å². The van der Waals surface area contributed by atoms with Crippen molar-refractivity contribution in [1.82, 2.24) is 9.97 Å². The zero-order valence-electron chi connectivity index (χ0n) is 29.9. The van der Waals surface area contributed by atoms with Crippen molar-refractivity contribution >= 4 is 54.9 Å². The molecule has 0 saturated carbocycles. The van der Waals surface area contributed by atoms with Gasteiger partial charge in [0.25, 0.3) is 0 Å². The second-order valence-corrected chi connectivity index (χ2v) is 15.4. The van der Waals surface area contributed by atoms with Gasteiger partial charge in [-0.3, -0.25) is 0 Å². The second kappa shape index (κ2) is 11.8. The van der Waals surface area contributed by atoms with E-state index in [1.807, 2.05) is 12.1 Å². The molecule has 0 fully saturated rings. The molecule has 0 saturated heterocycles. The summed E-state index contributed by atoms with van der Waals surface area (Å²) >= 11 is 0. The predicted molar refractivity (Wildman–Crippen MR) is 215 cm³/mol. The summed E-state index contributed by atoms with van der Waals surface area (Å²) in [6.45, 7) is 3.41. The largest absolute Gasteiger partial charge is 0.300 e. The molecule has 0 radical (unpaired) electrons. The fraction of sp³-hybridized carbons (Fsp3) is 0.184. The van der Waals surface area contributed by atoms with Crippen molar-refractivity contribution in [3.05, 3.63) is 156 Å². The Hall–Kier alpha value is -6.00. The fourth-order valence-electron chi connectivity index (χ4n) is 9.72. The first-order valence-corrected chi connectivity index (χ1v) is 18.7. The molecule has 0 bridgehead atoms. The van der Waals surface area contributed by atoms with Crippen LogP contribution in [0.5, 0.6) is 0 Å². The van der Waals surface area contributed by atoms with Gasteiger partial charge in [-0.15, -0.1) is 0 Å². The Balaban J connectivity index is 1.33. The van der Waals surface area contributed by atoms with Crippen LogP contribution in [0.4, 0.5) is 0 Å². The Morgan fingerprint density at radius 2 is 0.792 bits per heavy atom. The number of ketones is 2. The third-order valence-electron chi connectivity index (χ3n) is 12.2. The first-order chi connectivity index (χ1) is 25.8. The Kier molecular flexibility index (Phi) is 7.04. The van der Waals surface area contributed by atoms with Gasteiger partial charge < -0.3 is 9.59 Å². The van der Waals surface area contributed by atoms with Gasteiger partial charge in [0.1, 0.15) is 11.6 Å². The molecule has 6 aromatic carbocycles. The van der Waals surface area contributed by atoms with Crippen molar-refractivity contribution in [1.29, 1.82) is 0 Å². The van der Waals surface area contributed by atoms with Crippen LogP contribution in [-0.2, 0) is 20.4 Å². The van der Waals surface area contributed by atoms with E-state index in [1.54, 1.807) is 13.8 Å². The van der Waals surface area contributed by atoms with Crippen molar-refractivity contribution in [3.63, 3.8) is 0 Å². The highest BCUT2D eigenvalue weighted by molar-refractivity contribution is 5.98. The maximum absolute atomic E-state index is 13.1. The van der Waals surface area contributed by atoms with Crippen LogP contribution >= 0.6 is 0 Å². The van der Waals surface area contributed by atoms with Crippen LogP contribution in [0, 0.1) is 0 Å². The smallest absolute Gasteiger partial charge is 0.129 e. The molecule has 2 aromatic heterocycles. The van der Waals surface area contributed by atoms with E-state index < -0.39 is 10.8 Å². The molecule has 8 aromatic rings. The number of aromatic nitrogens is 2. The third-order valence-corrected chi connectivity index (χ3v) is 12.2. The Bertz CT molecular complexity index is 2490. The van der Waals surface area contributed by atoms with Crippen LogP contribution in [0.25, 0.3) is 65.9 Å². The molecule has 10 rings (SSSR count). The van der Waals surface area contributed by atoms with E-state index in [-0.39, 0.29) is 11.6 Å². The molecule has 53 heavy (non-hydrogen) atoms. The van der Waals surface area contributed by atoms with Crippen molar-refractivity contribution in [2.75, 3.05) is 0 Å². The van der Waals surface area contributed by atoms with E-state index in [1.165, 1.54) is 32.7 Å². The minimum absolute atomic E-state index is 0.164. The summed E-state index contributed by atoms with van der Waals surface area (Å²) in [7, 11) is 0. The average Bonchev–Trinajstić information content (AvgIpc) is 3.57. The zero-order chi connectivity index (χ0) is 35.9. The van der Waals surface area contributed by atoms with Gasteiger partial charge >= 0.3 is 0 Å². The van der Waals surface area contributed by atoms with Gasteiger partial charge in [0, 0.05) is 45.6 Å². The number of hydrogen-bond acceptors (Lipinski definition) is 4. The Labute approximate surface area is 308 Å². The van der Waals surface area contributed by atoms with Crippen molar-refractivity contribution in [2.24, 2.45) is 0 Å². The van der Waals surface area contributed by atoms with Crippen LogP contribution in [-0.4, -0.2) is 21.5 Å². The number of rotatable bonds is 8. The van der Waals surface area contributed by atoms with E-state index in [0.29, 0.717) is 32.1 Å². The molecule has 2 heterocycles. The van der Waals surface area contributed by atoms with E-state index in [9.17, 15) is 9.59 Å². The lowest BCUT2D eigenvalue weighted by Gasteiger charge is -2.43. The number of carbonyl (C=O) groups is 2. The summed E-state index contributed by atoms with van der Waals surface area (Å²) in [4.78, 5) is 37.1. The topological polar surface area (TPSA) is 59.9 Å². The second-order valence-electron chi connectivity index (χ2n) is 15.4. The monoisotopic (exact) mass is 686 g/mol. The summed E-state index contributed by atoms with van der Waals surface area (Å²) in [6.07, 6.45) is 2.77. The first-order valence-electron chi connectivity index (χ1n) is 18.7. The van der Waals surface area contributed by atoms with Gasteiger partial charge in [0.05, 0.1) is 22.4 Å². The number of hydrogen-bond donors (Lipinski definition) is 0. The van der Waals surface area contributed by atoms with Crippen molar-refractivity contribution in [3.8, 4) is 22.5 Å². The number of nitrogens with zero attached hydrogens (tertiary/aromatic N) is 2. The van der Waals surface area contributed by atoms with Gasteiger partial charge in [-0.05, 0) is 125 Å². The van der Waals surface area contributed by atoms with Crippen molar-refractivity contribution < 1.29 is 9.59 Å². The van der Waals surface area contributed by atoms with Crippen LogP contribution in [0.2, 0.25) is 0 Å². The predicted octanol–water partition coefficient (Wildman–Crippen LogP) is 11.5. The molecule has 2 aliphatic carbocycles. The molecule has 2 unspecified atom stereocenters. The standard InChI is InChI=1S/C49H38N2O2/c1-30(52)19-21-48(40-25-34-13-5-3-11-32(34)23-38(40)46-42(48)27-36-15-7-9-17-44(36)50-46)29-49(22-20-31(2)53)41-26-35-14-6-4-12-33(35)24-39(41)47-43(49)28-37-16-8-10-18-45(37)51-47/h3-18,23-28H,19-22,29H2,1-2H3. The summed E-state index contributed by atoms with van der Waals surface area (Å²) in [5.74, 6) is 0.329. The van der Waals surface area contributed by atoms with Crippen LogP contribution < -0.4 is 0 Å². The van der Waals surface area contributed by atoms with Gasteiger partial charge in [0.2, 0.25) is 0 Å². The van der Waals surface area contributed by atoms with Gasteiger partial charge in [-0.1, -0.05) is 84.9 Å². The zero-order valence-corrected chi connectivity index (χ0v) is 29.9. The van der Waals surface area contributed by atoms with E-state index in [2.05, 4.69) is 121 Å². The summed E-state index contributed by atoms with van der Waals surface area (Å²) in [5.41, 5.74) is 9.70. The number of Topliss-reactive ketones (excluding diaryl/α,β-unsaturated/α-hetero) is 2. The molecule has 2 aliphatic rings. The maximum Gasteiger partial charge on any atom is 0.129 e. The molecule has 256 valence electrons. The minimum Gasteiger partial charge on any atom is -0.300 e. The molecule has 0 spiro atoms. The maximum atomic E-state index is 13.1. The number of pyridine rings is 2. The molecular weight excluding hydrogens is 649 g/mol. The molecule has 0 amide bonds. The van der Waals surface area contributed by atoms with E-state index in [4.69, 9.17) is 9.97 Å². The summed E-state index contributed by atoms with van der Waals surface area (Å²) in [6, 6.07) is 47.8. The van der Waals surface area contributed by atoms with Crippen molar-refractivity contribution in [2.45, 2.75) is 56.8 Å². The molecule has 0 N–H and O–H groups in total.